The highest BCUT2D eigenvalue weighted by molar-refractivity contribution is 6.32. The number of ether oxygens (including phenoxy) is 1. The van der Waals surface area contributed by atoms with E-state index in [1.807, 2.05) is 0 Å². The maximum atomic E-state index is 12.2. The first-order chi connectivity index (χ1) is 11.6. The van der Waals surface area contributed by atoms with E-state index in [1.165, 1.54) is 0 Å². The second-order valence-electron chi connectivity index (χ2n) is 5.05. The number of imidazole rings is 1. The highest BCUT2D eigenvalue weighted by Gasteiger charge is 2.16. The molecule has 1 amide bonds. The van der Waals surface area contributed by atoms with E-state index in [1.54, 1.807) is 72.8 Å². The van der Waals surface area contributed by atoms with Gasteiger partial charge in [0.05, 0.1) is 16.9 Å². The van der Waals surface area contributed by atoms with Gasteiger partial charge in [-0.3, -0.25) is 9.36 Å². The zero-order valence-corrected chi connectivity index (χ0v) is 13.6. The predicted molar refractivity (Wildman–Crippen MR) is 91.5 cm³/mol. The lowest BCUT2D eigenvalue weighted by Gasteiger charge is -2.15. The third-order valence-electron chi connectivity index (χ3n) is 3.29. The van der Waals surface area contributed by atoms with Crippen molar-refractivity contribution in [3.8, 4) is 11.6 Å². The summed E-state index contributed by atoms with van der Waals surface area (Å²) in [5, 5.41) is 3.22. The van der Waals surface area contributed by atoms with Crippen molar-refractivity contribution in [1.82, 2.24) is 14.5 Å². The molecule has 7 heteroatoms. The smallest absolute Gasteiger partial charge is 0.265 e. The van der Waals surface area contributed by atoms with Crippen LogP contribution in [0.25, 0.3) is 5.82 Å². The predicted octanol–water partition coefficient (Wildman–Crippen LogP) is 3.33. The van der Waals surface area contributed by atoms with Crippen molar-refractivity contribution >= 4 is 23.2 Å². The number of anilines is 1. The fourth-order valence-electron chi connectivity index (χ4n) is 2.04. The molecule has 0 fully saturated rings. The Balaban J connectivity index is 1.63. The highest BCUT2D eigenvalue weighted by Crippen LogP contribution is 2.24. The molecule has 3 rings (SSSR count). The SMILES string of the molecule is CC(Oc1ccccc1Cl)C(=O)Nc1ccc(-n2ccnc2)nc1. The molecule has 0 aliphatic rings. The summed E-state index contributed by atoms with van der Waals surface area (Å²) in [6.45, 7) is 1.66. The molecule has 1 unspecified atom stereocenters. The number of halogens is 1. The number of pyridine rings is 1. The molecule has 0 saturated carbocycles. The molecule has 24 heavy (non-hydrogen) atoms. The van der Waals surface area contributed by atoms with Crippen LogP contribution in [-0.2, 0) is 4.79 Å². The van der Waals surface area contributed by atoms with Crippen molar-refractivity contribution in [2.24, 2.45) is 0 Å². The van der Waals surface area contributed by atoms with Crippen LogP contribution in [0.3, 0.4) is 0 Å². The number of hydrogen-bond acceptors (Lipinski definition) is 4. The molecule has 0 radical (unpaired) electrons. The second-order valence-corrected chi connectivity index (χ2v) is 5.46. The number of hydrogen-bond donors (Lipinski definition) is 1. The van der Waals surface area contributed by atoms with Crippen LogP contribution in [0.2, 0.25) is 5.02 Å². The summed E-state index contributed by atoms with van der Waals surface area (Å²) < 4.78 is 7.36. The number of nitrogens with zero attached hydrogens (tertiary/aromatic N) is 3. The Morgan fingerprint density at radius 3 is 2.79 bits per heavy atom. The van der Waals surface area contributed by atoms with E-state index in [0.29, 0.717) is 22.3 Å². The minimum absolute atomic E-state index is 0.285. The zero-order valence-electron chi connectivity index (χ0n) is 12.9. The van der Waals surface area contributed by atoms with Gasteiger partial charge in [-0.2, -0.15) is 0 Å². The summed E-state index contributed by atoms with van der Waals surface area (Å²) in [4.78, 5) is 20.5. The van der Waals surface area contributed by atoms with Gasteiger partial charge in [-0.15, -0.1) is 0 Å². The van der Waals surface area contributed by atoms with Gasteiger partial charge in [0.25, 0.3) is 5.91 Å². The summed E-state index contributed by atoms with van der Waals surface area (Å²) in [5.41, 5.74) is 0.582. The third kappa shape index (κ3) is 3.72. The normalized spacial score (nSPS) is 11.8. The number of aromatic nitrogens is 3. The molecule has 0 aliphatic heterocycles. The number of para-hydroxylation sites is 1. The van der Waals surface area contributed by atoms with Crippen molar-refractivity contribution in [2.75, 3.05) is 5.32 Å². The topological polar surface area (TPSA) is 69.0 Å². The lowest BCUT2D eigenvalue weighted by atomic mass is 10.3. The van der Waals surface area contributed by atoms with Crippen LogP contribution in [0.15, 0.2) is 61.3 Å². The van der Waals surface area contributed by atoms with E-state index in [9.17, 15) is 4.79 Å². The standard InChI is InChI=1S/C17H15ClN4O2/c1-12(24-15-5-3-2-4-14(15)18)17(23)21-13-6-7-16(20-10-13)22-9-8-19-11-22/h2-12H,1H3,(H,21,23). The number of carbonyl (C=O) groups excluding carboxylic acids is 1. The maximum Gasteiger partial charge on any atom is 0.265 e. The molecule has 0 spiro atoms. The Kier molecular flexibility index (Phi) is 4.77. The molecular weight excluding hydrogens is 328 g/mol. The molecule has 0 aliphatic carbocycles. The molecule has 0 saturated heterocycles. The van der Waals surface area contributed by atoms with Crippen LogP contribution < -0.4 is 10.1 Å². The van der Waals surface area contributed by atoms with E-state index in [0.717, 1.165) is 0 Å². The van der Waals surface area contributed by atoms with E-state index < -0.39 is 6.10 Å². The molecule has 2 aromatic heterocycles. The number of carbonyl (C=O) groups is 1. The summed E-state index contributed by atoms with van der Waals surface area (Å²) in [7, 11) is 0. The second kappa shape index (κ2) is 7.14. The van der Waals surface area contributed by atoms with Crippen LogP contribution in [0.1, 0.15) is 6.92 Å². The Morgan fingerprint density at radius 1 is 1.29 bits per heavy atom. The molecule has 0 bridgehead atoms. The first-order valence-electron chi connectivity index (χ1n) is 7.30. The van der Waals surface area contributed by atoms with E-state index >= 15 is 0 Å². The Hall–Kier alpha value is -2.86. The zero-order chi connectivity index (χ0) is 16.9. The fourth-order valence-corrected chi connectivity index (χ4v) is 2.22. The van der Waals surface area contributed by atoms with Crippen LogP contribution in [-0.4, -0.2) is 26.5 Å². The van der Waals surface area contributed by atoms with Gasteiger partial charge >= 0.3 is 0 Å². The molecule has 6 nitrogen and oxygen atoms in total. The number of rotatable bonds is 5. The molecule has 1 atom stereocenters. The van der Waals surface area contributed by atoms with Gasteiger partial charge in [0.2, 0.25) is 0 Å². The quantitative estimate of drug-likeness (QED) is 0.772. The van der Waals surface area contributed by atoms with Crippen LogP contribution >= 0.6 is 11.6 Å². The maximum absolute atomic E-state index is 12.2. The lowest BCUT2D eigenvalue weighted by Crippen LogP contribution is -2.30. The minimum Gasteiger partial charge on any atom is -0.479 e. The summed E-state index contributed by atoms with van der Waals surface area (Å²) in [5.74, 6) is 0.897. The van der Waals surface area contributed by atoms with Gasteiger partial charge in [0.15, 0.2) is 6.10 Å². The van der Waals surface area contributed by atoms with Gasteiger partial charge in [0.1, 0.15) is 17.9 Å². The van der Waals surface area contributed by atoms with Crippen molar-refractivity contribution in [2.45, 2.75) is 13.0 Å². The minimum atomic E-state index is -0.696. The van der Waals surface area contributed by atoms with Gasteiger partial charge in [-0.1, -0.05) is 23.7 Å². The average Bonchev–Trinajstić information content (AvgIpc) is 3.12. The number of amides is 1. The lowest BCUT2D eigenvalue weighted by molar-refractivity contribution is -0.122. The first-order valence-corrected chi connectivity index (χ1v) is 7.68. The Bertz CT molecular complexity index is 819. The monoisotopic (exact) mass is 342 g/mol. The largest absolute Gasteiger partial charge is 0.479 e. The molecule has 2 heterocycles. The van der Waals surface area contributed by atoms with E-state index in [2.05, 4.69) is 15.3 Å². The van der Waals surface area contributed by atoms with E-state index in [-0.39, 0.29) is 5.91 Å². The number of nitrogens with one attached hydrogen (secondary N) is 1. The van der Waals surface area contributed by atoms with Crippen molar-refractivity contribution in [3.05, 3.63) is 66.3 Å². The van der Waals surface area contributed by atoms with Gasteiger partial charge in [-0.05, 0) is 31.2 Å². The average molecular weight is 343 g/mol. The molecular formula is C17H15ClN4O2. The Labute approximate surface area is 144 Å². The highest BCUT2D eigenvalue weighted by atomic mass is 35.5. The summed E-state index contributed by atoms with van der Waals surface area (Å²) in [6.07, 6.45) is 6.00. The molecule has 1 N–H and O–H groups in total. The van der Waals surface area contributed by atoms with Gasteiger partial charge in [0, 0.05) is 12.4 Å². The molecule has 3 aromatic rings. The van der Waals surface area contributed by atoms with Crippen LogP contribution in [0.4, 0.5) is 5.69 Å². The van der Waals surface area contributed by atoms with E-state index in [4.69, 9.17) is 16.3 Å². The number of benzene rings is 1. The van der Waals surface area contributed by atoms with Crippen molar-refractivity contribution in [1.29, 1.82) is 0 Å². The first kappa shape index (κ1) is 16.0. The van der Waals surface area contributed by atoms with Crippen LogP contribution in [0, 0.1) is 0 Å². The van der Waals surface area contributed by atoms with Crippen LogP contribution in [0.5, 0.6) is 5.75 Å². The fraction of sp³-hybridized carbons (Fsp3) is 0.118. The van der Waals surface area contributed by atoms with Gasteiger partial charge < -0.3 is 10.1 Å². The van der Waals surface area contributed by atoms with Crippen molar-refractivity contribution in [3.63, 3.8) is 0 Å². The third-order valence-corrected chi connectivity index (χ3v) is 3.61. The van der Waals surface area contributed by atoms with Gasteiger partial charge in [-0.25, -0.2) is 9.97 Å². The van der Waals surface area contributed by atoms with Crippen molar-refractivity contribution < 1.29 is 9.53 Å². The summed E-state index contributed by atoms with van der Waals surface area (Å²) >= 11 is 6.03. The summed E-state index contributed by atoms with van der Waals surface area (Å²) in [6, 6.07) is 10.6. The Morgan fingerprint density at radius 2 is 2.12 bits per heavy atom. The molecule has 122 valence electrons. The molecule has 1 aromatic carbocycles.